The summed E-state index contributed by atoms with van der Waals surface area (Å²) >= 11 is 1.42. The molecule has 0 saturated carbocycles. The third-order valence-corrected chi connectivity index (χ3v) is 4.60. The molecule has 0 aliphatic heterocycles. The molecule has 2 heterocycles. The lowest BCUT2D eigenvalue weighted by atomic mass is 10.1. The predicted molar refractivity (Wildman–Crippen MR) is 95.3 cm³/mol. The van der Waals surface area contributed by atoms with Crippen LogP contribution in [0.5, 0.6) is 0 Å². The summed E-state index contributed by atoms with van der Waals surface area (Å²) in [6.45, 7) is 5.20. The molecule has 0 amide bonds. The molecule has 2 aromatic heterocycles. The molecule has 124 valence electrons. The van der Waals surface area contributed by atoms with E-state index >= 15 is 0 Å². The van der Waals surface area contributed by atoms with E-state index in [1.165, 1.54) is 22.2 Å². The first kappa shape index (κ1) is 16.4. The maximum atomic E-state index is 12.9. The Morgan fingerprint density at radius 2 is 1.92 bits per heavy atom. The van der Waals surface area contributed by atoms with E-state index in [4.69, 9.17) is 4.74 Å². The number of nitrogens with zero attached hydrogens (tertiary/aromatic N) is 2. The summed E-state index contributed by atoms with van der Waals surface area (Å²) < 4.78 is 6.55. The largest absolute Gasteiger partial charge is 0.461 e. The van der Waals surface area contributed by atoms with E-state index in [9.17, 15) is 9.59 Å². The molecule has 6 heteroatoms. The van der Waals surface area contributed by atoms with Crippen molar-refractivity contribution in [2.24, 2.45) is 0 Å². The number of hydrogen-bond donors (Lipinski definition) is 0. The molecule has 0 radical (unpaired) electrons. The van der Waals surface area contributed by atoms with E-state index < -0.39 is 12.0 Å². The van der Waals surface area contributed by atoms with E-state index in [1.807, 2.05) is 35.7 Å². The van der Waals surface area contributed by atoms with Crippen molar-refractivity contribution in [3.63, 3.8) is 0 Å². The van der Waals surface area contributed by atoms with Gasteiger partial charge < -0.3 is 4.74 Å². The van der Waals surface area contributed by atoms with E-state index in [1.54, 1.807) is 20.8 Å². The molecule has 3 aromatic rings. The second-order valence-corrected chi connectivity index (χ2v) is 6.67. The Morgan fingerprint density at radius 3 is 2.58 bits per heavy atom. The van der Waals surface area contributed by atoms with Gasteiger partial charge in [-0.2, -0.15) is 0 Å². The fraction of sp³-hybridized carbons (Fsp3) is 0.278. The van der Waals surface area contributed by atoms with Crippen LogP contribution in [0.1, 0.15) is 26.8 Å². The third-order valence-electron chi connectivity index (χ3n) is 3.71. The van der Waals surface area contributed by atoms with Crippen molar-refractivity contribution in [1.29, 1.82) is 0 Å². The molecule has 0 saturated heterocycles. The standard InChI is InChI=1S/C18H18N2O3S/c1-11(2)23-18(22)12(3)20-10-19-16-15(17(20)21)14(9-24-16)13-7-5-4-6-8-13/h4-12H,1-3H3. The molecule has 0 N–H and O–H groups in total. The number of thiophene rings is 1. The summed E-state index contributed by atoms with van der Waals surface area (Å²) in [5, 5.41) is 2.47. The van der Waals surface area contributed by atoms with Crippen LogP contribution >= 0.6 is 11.3 Å². The number of carbonyl (C=O) groups excluding carboxylic acids is 1. The average Bonchev–Trinajstić information content (AvgIpc) is 3.00. The van der Waals surface area contributed by atoms with Crippen molar-refractivity contribution in [2.75, 3.05) is 0 Å². The molecule has 0 bridgehead atoms. The fourth-order valence-electron chi connectivity index (χ4n) is 2.50. The van der Waals surface area contributed by atoms with E-state index in [0.717, 1.165) is 11.1 Å². The molecule has 1 aromatic carbocycles. The number of esters is 1. The van der Waals surface area contributed by atoms with Crippen LogP contribution in [-0.4, -0.2) is 21.6 Å². The first-order valence-corrected chi connectivity index (χ1v) is 8.61. The summed E-state index contributed by atoms with van der Waals surface area (Å²) in [5.74, 6) is -0.440. The highest BCUT2D eigenvalue weighted by Crippen LogP contribution is 2.30. The topological polar surface area (TPSA) is 61.2 Å². The second-order valence-electron chi connectivity index (χ2n) is 5.81. The molecule has 1 atom stereocenters. The lowest BCUT2D eigenvalue weighted by molar-refractivity contribution is -0.151. The molecule has 0 aliphatic rings. The monoisotopic (exact) mass is 342 g/mol. The van der Waals surface area contributed by atoms with Crippen molar-refractivity contribution in [3.05, 3.63) is 52.4 Å². The van der Waals surface area contributed by atoms with Gasteiger partial charge in [0.2, 0.25) is 0 Å². The number of carbonyl (C=O) groups is 1. The van der Waals surface area contributed by atoms with Crippen LogP contribution in [0.2, 0.25) is 0 Å². The van der Waals surface area contributed by atoms with E-state index in [0.29, 0.717) is 10.2 Å². The van der Waals surface area contributed by atoms with Crippen LogP contribution in [0.4, 0.5) is 0 Å². The van der Waals surface area contributed by atoms with Gasteiger partial charge in [-0.1, -0.05) is 30.3 Å². The Kier molecular flexibility index (Phi) is 4.49. The van der Waals surface area contributed by atoms with Crippen LogP contribution in [0.15, 0.2) is 46.8 Å². The van der Waals surface area contributed by atoms with Gasteiger partial charge in [-0.05, 0) is 26.3 Å². The summed E-state index contributed by atoms with van der Waals surface area (Å²) in [6, 6.07) is 8.97. The third kappa shape index (κ3) is 2.97. The van der Waals surface area contributed by atoms with Crippen molar-refractivity contribution in [2.45, 2.75) is 32.9 Å². The second kappa shape index (κ2) is 6.57. The Labute approximate surface area is 143 Å². The SMILES string of the molecule is CC(C)OC(=O)C(C)n1cnc2scc(-c3ccccc3)c2c1=O. The van der Waals surface area contributed by atoms with Crippen LogP contribution in [0.3, 0.4) is 0 Å². The number of benzene rings is 1. The fourth-order valence-corrected chi connectivity index (χ4v) is 3.40. The average molecular weight is 342 g/mol. The van der Waals surface area contributed by atoms with Crippen LogP contribution < -0.4 is 5.56 Å². The Hall–Kier alpha value is -2.47. The molecule has 24 heavy (non-hydrogen) atoms. The lowest BCUT2D eigenvalue weighted by Gasteiger charge is -2.16. The van der Waals surface area contributed by atoms with Crippen molar-refractivity contribution in [1.82, 2.24) is 9.55 Å². The molecule has 0 spiro atoms. The minimum atomic E-state index is -0.722. The Bertz CT molecular complexity index is 928. The zero-order valence-electron chi connectivity index (χ0n) is 13.7. The smallest absolute Gasteiger partial charge is 0.329 e. The number of rotatable bonds is 4. The maximum absolute atomic E-state index is 12.9. The van der Waals surface area contributed by atoms with Crippen LogP contribution in [-0.2, 0) is 9.53 Å². The highest BCUT2D eigenvalue weighted by molar-refractivity contribution is 7.17. The first-order valence-electron chi connectivity index (χ1n) is 7.73. The Balaban J connectivity index is 2.11. The molecule has 1 unspecified atom stereocenters. The highest BCUT2D eigenvalue weighted by atomic mass is 32.1. The summed E-state index contributed by atoms with van der Waals surface area (Å²) in [6.07, 6.45) is 1.19. The van der Waals surface area contributed by atoms with Gasteiger partial charge in [0.05, 0.1) is 17.8 Å². The highest BCUT2D eigenvalue weighted by Gasteiger charge is 2.21. The molecule has 0 fully saturated rings. The zero-order valence-corrected chi connectivity index (χ0v) is 14.5. The minimum absolute atomic E-state index is 0.228. The predicted octanol–water partition coefficient (Wildman–Crippen LogP) is 3.64. The van der Waals surface area contributed by atoms with Crippen molar-refractivity contribution >= 4 is 27.5 Å². The summed E-state index contributed by atoms with van der Waals surface area (Å²) in [7, 11) is 0. The number of hydrogen-bond acceptors (Lipinski definition) is 5. The first-order chi connectivity index (χ1) is 11.5. The Morgan fingerprint density at radius 1 is 1.21 bits per heavy atom. The molecule has 5 nitrogen and oxygen atoms in total. The normalized spacial score (nSPS) is 12.5. The number of ether oxygens (including phenoxy) is 1. The summed E-state index contributed by atoms with van der Waals surface area (Å²) in [5.41, 5.74) is 1.57. The molecule has 3 rings (SSSR count). The van der Waals surface area contributed by atoms with Gasteiger partial charge in [0.1, 0.15) is 10.9 Å². The number of fused-ring (bicyclic) bond motifs is 1. The van der Waals surface area contributed by atoms with Crippen molar-refractivity contribution in [3.8, 4) is 11.1 Å². The van der Waals surface area contributed by atoms with Gasteiger partial charge in [0.15, 0.2) is 0 Å². The van der Waals surface area contributed by atoms with Crippen LogP contribution in [0.25, 0.3) is 21.3 Å². The van der Waals surface area contributed by atoms with Gasteiger partial charge in [0, 0.05) is 10.9 Å². The van der Waals surface area contributed by atoms with Gasteiger partial charge in [-0.15, -0.1) is 11.3 Å². The van der Waals surface area contributed by atoms with Gasteiger partial charge in [-0.3, -0.25) is 9.36 Å². The molecular weight excluding hydrogens is 324 g/mol. The lowest BCUT2D eigenvalue weighted by Crippen LogP contribution is -2.30. The van der Waals surface area contributed by atoms with E-state index in [2.05, 4.69) is 4.98 Å². The minimum Gasteiger partial charge on any atom is -0.461 e. The summed E-state index contributed by atoms with van der Waals surface area (Å²) in [4.78, 5) is 30.1. The zero-order chi connectivity index (χ0) is 17.3. The molecule has 0 aliphatic carbocycles. The van der Waals surface area contributed by atoms with Crippen LogP contribution in [0, 0.1) is 0 Å². The van der Waals surface area contributed by atoms with E-state index in [-0.39, 0.29) is 11.7 Å². The quantitative estimate of drug-likeness (QED) is 0.679. The maximum Gasteiger partial charge on any atom is 0.329 e. The van der Waals surface area contributed by atoms with Gasteiger partial charge >= 0.3 is 5.97 Å². The van der Waals surface area contributed by atoms with Crippen molar-refractivity contribution < 1.29 is 9.53 Å². The van der Waals surface area contributed by atoms with Gasteiger partial charge in [0.25, 0.3) is 5.56 Å². The van der Waals surface area contributed by atoms with Gasteiger partial charge in [-0.25, -0.2) is 9.78 Å². The molecular formula is C18H18N2O3S. The number of aromatic nitrogens is 2.